The Morgan fingerprint density at radius 1 is 1.53 bits per heavy atom. The highest BCUT2D eigenvalue weighted by atomic mass is 35.5. The van der Waals surface area contributed by atoms with Gasteiger partial charge in [0.2, 0.25) is 5.91 Å². The number of likely N-dealkylation sites (tertiary alicyclic amines) is 1. The quantitative estimate of drug-likeness (QED) is 0.809. The first kappa shape index (κ1) is 12.3. The van der Waals surface area contributed by atoms with E-state index < -0.39 is 0 Å². The van der Waals surface area contributed by atoms with Crippen LogP contribution in [-0.4, -0.2) is 33.9 Å². The number of carbonyl (C=O) groups is 1. The second kappa shape index (κ2) is 5.45. The molecule has 0 aromatic carbocycles. The van der Waals surface area contributed by atoms with Crippen molar-refractivity contribution < 1.29 is 4.79 Å². The minimum absolute atomic E-state index is 0.153. The Hall–Kier alpha value is -1.16. The number of nitrogens with zero attached hydrogens (tertiary/aromatic N) is 3. The third-order valence-corrected chi connectivity index (χ3v) is 3.49. The average Bonchev–Trinajstić information content (AvgIpc) is 2.32. The molecular weight excluding hydrogens is 238 g/mol. The van der Waals surface area contributed by atoms with Crippen molar-refractivity contribution in [2.75, 3.05) is 13.1 Å². The zero-order valence-electron chi connectivity index (χ0n) is 9.90. The molecule has 1 aromatic heterocycles. The standard InChI is InChI=1S/C12H16ClN3O/c1-9(17)16-6-2-3-10(8-16)7-11-12(13)15-5-4-14-11/h4-5,10H,2-3,6-8H2,1H3/t10-/m1/s1. The summed E-state index contributed by atoms with van der Waals surface area (Å²) in [5, 5.41) is 0.479. The number of piperidine rings is 1. The van der Waals surface area contributed by atoms with Gasteiger partial charge in [-0.05, 0) is 25.2 Å². The minimum Gasteiger partial charge on any atom is -0.343 e. The molecule has 2 rings (SSSR count). The molecule has 0 bridgehead atoms. The molecule has 1 aliphatic heterocycles. The molecule has 17 heavy (non-hydrogen) atoms. The monoisotopic (exact) mass is 253 g/mol. The van der Waals surface area contributed by atoms with E-state index in [1.54, 1.807) is 19.3 Å². The molecule has 1 fully saturated rings. The molecule has 0 N–H and O–H groups in total. The summed E-state index contributed by atoms with van der Waals surface area (Å²) in [7, 11) is 0. The van der Waals surface area contributed by atoms with Crippen LogP contribution in [0.4, 0.5) is 0 Å². The fraction of sp³-hybridized carbons (Fsp3) is 0.583. The van der Waals surface area contributed by atoms with Crippen LogP contribution in [0.1, 0.15) is 25.5 Å². The summed E-state index contributed by atoms with van der Waals surface area (Å²) in [6.45, 7) is 3.31. The highest BCUT2D eigenvalue weighted by Crippen LogP contribution is 2.22. The lowest BCUT2D eigenvalue weighted by atomic mass is 9.93. The second-order valence-corrected chi connectivity index (χ2v) is 4.83. The van der Waals surface area contributed by atoms with Gasteiger partial charge in [-0.2, -0.15) is 0 Å². The first-order valence-corrected chi connectivity index (χ1v) is 6.25. The van der Waals surface area contributed by atoms with E-state index in [9.17, 15) is 4.79 Å². The number of amides is 1. The Morgan fingerprint density at radius 3 is 3.00 bits per heavy atom. The maximum Gasteiger partial charge on any atom is 0.219 e. The molecule has 0 aliphatic carbocycles. The van der Waals surface area contributed by atoms with Crippen molar-refractivity contribution in [3.05, 3.63) is 23.2 Å². The van der Waals surface area contributed by atoms with Gasteiger partial charge in [0.05, 0.1) is 5.69 Å². The van der Waals surface area contributed by atoms with Gasteiger partial charge < -0.3 is 4.90 Å². The Morgan fingerprint density at radius 2 is 2.29 bits per heavy atom. The van der Waals surface area contributed by atoms with Crippen molar-refractivity contribution in [2.24, 2.45) is 5.92 Å². The first-order valence-electron chi connectivity index (χ1n) is 5.87. The van der Waals surface area contributed by atoms with E-state index in [-0.39, 0.29) is 5.91 Å². The van der Waals surface area contributed by atoms with Gasteiger partial charge in [0.15, 0.2) is 0 Å². The molecule has 2 heterocycles. The molecule has 0 radical (unpaired) electrons. The smallest absolute Gasteiger partial charge is 0.219 e. The van der Waals surface area contributed by atoms with Crippen LogP contribution in [0, 0.1) is 5.92 Å². The predicted octanol–water partition coefficient (Wildman–Crippen LogP) is 1.93. The lowest BCUT2D eigenvalue weighted by molar-refractivity contribution is -0.130. The van der Waals surface area contributed by atoms with Gasteiger partial charge in [-0.1, -0.05) is 11.6 Å². The topological polar surface area (TPSA) is 46.1 Å². The fourth-order valence-corrected chi connectivity index (χ4v) is 2.46. The van der Waals surface area contributed by atoms with Gasteiger partial charge in [0, 0.05) is 32.4 Å². The van der Waals surface area contributed by atoms with E-state index in [1.165, 1.54) is 0 Å². The van der Waals surface area contributed by atoms with Crippen LogP contribution in [0.5, 0.6) is 0 Å². The number of hydrogen-bond donors (Lipinski definition) is 0. The third kappa shape index (κ3) is 3.16. The summed E-state index contributed by atoms with van der Waals surface area (Å²) in [6, 6.07) is 0. The highest BCUT2D eigenvalue weighted by Gasteiger charge is 2.22. The molecular formula is C12H16ClN3O. The van der Waals surface area contributed by atoms with E-state index >= 15 is 0 Å². The maximum absolute atomic E-state index is 11.3. The zero-order valence-corrected chi connectivity index (χ0v) is 10.7. The molecule has 1 amide bonds. The van der Waals surface area contributed by atoms with E-state index in [0.717, 1.165) is 38.0 Å². The fourth-order valence-electron chi connectivity index (χ4n) is 2.28. The number of rotatable bonds is 2. The van der Waals surface area contributed by atoms with Crippen molar-refractivity contribution in [2.45, 2.75) is 26.2 Å². The summed E-state index contributed by atoms with van der Waals surface area (Å²) in [5.74, 6) is 0.599. The van der Waals surface area contributed by atoms with Crippen LogP contribution in [0.3, 0.4) is 0 Å². The Balaban J connectivity index is 1.99. The second-order valence-electron chi connectivity index (χ2n) is 4.47. The molecule has 0 saturated carbocycles. The molecule has 4 nitrogen and oxygen atoms in total. The molecule has 92 valence electrons. The lowest BCUT2D eigenvalue weighted by Crippen LogP contribution is -2.39. The van der Waals surface area contributed by atoms with E-state index in [1.807, 2.05) is 4.90 Å². The molecule has 5 heteroatoms. The number of halogens is 1. The van der Waals surface area contributed by atoms with Gasteiger partial charge in [-0.15, -0.1) is 0 Å². The number of aromatic nitrogens is 2. The number of carbonyl (C=O) groups excluding carboxylic acids is 1. The van der Waals surface area contributed by atoms with Crippen molar-refractivity contribution in [3.8, 4) is 0 Å². The first-order chi connectivity index (χ1) is 8.16. The molecule has 1 aromatic rings. The minimum atomic E-state index is 0.153. The summed E-state index contributed by atoms with van der Waals surface area (Å²) < 4.78 is 0. The summed E-state index contributed by atoms with van der Waals surface area (Å²) in [6.07, 6.45) is 6.23. The Bertz CT molecular complexity index is 410. The van der Waals surface area contributed by atoms with Crippen LogP contribution in [0.2, 0.25) is 5.15 Å². The molecule has 0 spiro atoms. The van der Waals surface area contributed by atoms with Crippen LogP contribution < -0.4 is 0 Å². The van der Waals surface area contributed by atoms with Gasteiger partial charge in [0.25, 0.3) is 0 Å². The number of hydrogen-bond acceptors (Lipinski definition) is 3. The Labute approximate surface area is 106 Å². The summed E-state index contributed by atoms with van der Waals surface area (Å²) >= 11 is 5.99. The molecule has 1 atom stereocenters. The van der Waals surface area contributed by atoms with Crippen LogP contribution in [0.25, 0.3) is 0 Å². The average molecular weight is 254 g/mol. The summed E-state index contributed by atoms with van der Waals surface area (Å²) in [4.78, 5) is 21.5. The molecule has 1 aliphatic rings. The van der Waals surface area contributed by atoms with Gasteiger partial charge in [0.1, 0.15) is 5.15 Å². The SMILES string of the molecule is CC(=O)N1CCC[C@H](Cc2nccnc2Cl)C1. The van der Waals surface area contributed by atoms with Gasteiger partial charge in [-0.25, -0.2) is 4.98 Å². The van der Waals surface area contributed by atoms with Gasteiger partial charge >= 0.3 is 0 Å². The van der Waals surface area contributed by atoms with E-state index in [0.29, 0.717) is 11.1 Å². The lowest BCUT2D eigenvalue weighted by Gasteiger charge is -2.31. The maximum atomic E-state index is 11.3. The largest absolute Gasteiger partial charge is 0.343 e. The van der Waals surface area contributed by atoms with Crippen molar-refractivity contribution in [1.29, 1.82) is 0 Å². The zero-order chi connectivity index (χ0) is 12.3. The normalized spacial score (nSPS) is 20.4. The van der Waals surface area contributed by atoms with Crippen LogP contribution in [0.15, 0.2) is 12.4 Å². The molecule has 1 saturated heterocycles. The van der Waals surface area contributed by atoms with Crippen LogP contribution >= 0.6 is 11.6 Å². The van der Waals surface area contributed by atoms with Crippen LogP contribution in [-0.2, 0) is 11.2 Å². The highest BCUT2D eigenvalue weighted by molar-refractivity contribution is 6.29. The van der Waals surface area contributed by atoms with Crippen molar-refractivity contribution >= 4 is 17.5 Å². The summed E-state index contributed by atoms with van der Waals surface area (Å²) in [5.41, 5.74) is 0.838. The van der Waals surface area contributed by atoms with Crippen molar-refractivity contribution in [3.63, 3.8) is 0 Å². The van der Waals surface area contributed by atoms with Gasteiger partial charge in [-0.3, -0.25) is 9.78 Å². The molecule has 0 unspecified atom stereocenters. The predicted molar refractivity (Wildman–Crippen MR) is 65.7 cm³/mol. The third-order valence-electron chi connectivity index (χ3n) is 3.17. The van der Waals surface area contributed by atoms with E-state index in [2.05, 4.69) is 9.97 Å². The van der Waals surface area contributed by atoms with Crippen molar-refractivity contribution in [1.82, 2.24) is 14.9 Å². The Kier molecular flexibility index (Phi) is 3.94. The van der Waals surface area contributed by atoms with E-state index in [4.69, 9.17) is 11.6 Å².